The van der Waals surface area contributed by atoms with E-state index in [4.69, 9.17) is 17.3 Å². The molecule has 5 nitrogen and oxygen atoms in total. The summed E-state index contributed by atoms with van der Waals surface area (Å²) in [5.41, 5.74) is 8.02. The highest BCUT2D eigenvalue weighted by Crippen LogP contribution is 2.24. The SMILES string of the molecule is CC(C)N(C)C(=O)c1ccc(Cl)c(NC(=O)Cc2ccc(N)cc2)c1.Cl. The molecule has 7 heteroatoms. The normalized spacial score (nSPS) is 10.2. The molecule has 2 rings (SSSR count). The quantitative estimate of drug-likeness (QED) is 0.750. The summed E-state index contributed by atoms with van der Waals surface area (Å²) in [5.74, 6) is -0.339. The van der Waals surface area contributed by atoms with E-state index in [-0.39, 0.29) is 36.7 Å². The highest BCUT2D eigenvalue weighted by Gasteiger charge is 2.16. The number of carbonyl (C=O) groups is 2. The van der Waals surface area contributed by atoms with E-state index in [1.54, 1.807) is 54.4 Å². The van der Waals surface area contributed by atoms with Crippen molar-refractivity contribution in [3.05, 3.63) is 58.6 Å². The van der Waals surface area contributed by atoms with Gasteiger partial charge >= 0.3 is 0 Å². The van der Waals surface area contributed by atoms with Gasteiger partial charge in [-0.3, -0.25) is 9.59 Å². The van der Waals surface area contributed by atoms with Crippen molar-refractivity contribution < 1.29 is 9.59 Å². The van der Waals surface area contributed by atoms with Crippen molar-refractivity contribution in [1.29, 1.82) is 0 Å². The third-order valence-corrected chi connectivity index (χ3v) is 4.26. The standard InChI is InChI=1S/C19H22ClN3O2.ClH/c1-12(2)23(3)19(25)14-6-9-16(20)17(11-14)22-18(24)10-13-4-7-15(21)8-5-13;/h4-9,11-12H,10,21H2,1-3H3,(H,22,24);1H. The van der Waals surface area contributed by atoms with Crippen LogP contribution in [0.5, 0.6) is 0 Å². The first kappa shape index (κ1) is 21.8. The Morgan fingerprint density at radius 3 is 2.35 bits per heavy atom. The molecule has 140 valence electrons. The largest absolute Gasteiger partial charge is 0.399 e. The lowest BCUT2D eigenvalue weighted by Crippen LogP contribution is -2.33. The zero-order valence-electron chi connectivity index (χ0n) is 15.0. The Morgan fingerprint density at radius 1 is 1.15 bits per heavy atom. The minimum Gasteiger partial charge on any atom is -0.399 e. The van der Waals surface area contributed by atoms with Gasteiger partial charge in [0, 0.05) is 24.3 Å². The van der Waals surface area contributed by atoms with E-state index in [0.717, 1.165) is 5.56 Å². The summed E-state index contributed by atoms with van der Waals surface area (Å²) in [6.07, 6.45) is 0.195. The van der Waals surface area contributed by atoms with E-state index in [2.05, 4.69) is 5.32 Å². The van der Waals surface area contributed by atoms with E-state index in [1.807, 2.05) is 13.8 Å². The van der Waals surface area contributed by atoms with Crippen LogP contribution in [0.3, 0.4) is 0 Å². The average Bonchev–Trinajstić information content (AvgIpc) is 2.57. The van der Waals surface area contributed by atoms with Crippen molar-refractivity contribution >= 4 is 47.2 Å². The van der Waals surface area contributed by atoms with Gasteiger partial charge in [0.05, 0.1) is 17.1 Å². The monoisotopic (exact) mass is 395 g/mol. The van der Waals surface area contributed by atoms with Crippen molar-refractivity contribution in [1.82, 2.24) is 4.90 Å². The van der Waals surface area contributed by atoms with Gasteiger partial charge in [-0.25, -0.2) is 0 Å². The molecule has 2 amide bonds. The van der Waals surface area contributed by atoms with Crippen LogP contribution in [0.1, 0.15) is 29.8 Å². The Kier molecular flexibility index (Phi) is 7.93. The molecule has 0 saturated heterocycles. The number of halogens is 2. The number of nitrogens with zero attached hydrogens (tertiary/aromatic N) is 1. The fourth-order valence-electron chi connectivity index (χ4n) is 2.21. The molecule has 0 atom stereocenters. The van der Waals surface area contributed by atoms with Crippen LogP contribution in [0.2, 0.25) is 5.02 Å². The molecule has 0 bridgehead atoms. The van der Waals surface area contributed by atoms with Crippen molar-refractivity contribution in [2.24, 2.45) is 0 Å². The molecule has 0 aliphatic heterocycles. The van der Waals surface area contributed by atoms with Gasteiger partial charge in [-0.15, -0.1) is 12.4 Å². The van der Waals surface area contributed by atoms with Crippen LogP contribution in [-0.2, 0) is 11.2 Å². The lowest BCUT2D eigenvalue weighted by Gasteiger charge is -2.22. The van der Waals surface area contributed by atoms with Gasteiger partial charge in [0.15, 0.2) is 0 Å². The third-order valence-electron chi connectivity index (χ3n) is 3.93. The molecule has 2 aromatic rings. The van der Waals surface area contributed by atoms with Gasteiger partial charge in [0.1, 0.15) is 0 Å². The molecule has 0 radical (unpaired) electrons. The number of amides is 2. The number of nitrogen functional groups attached to an aromatic ring is 1. The second kappa shape index (κ2) is 9.46. The van der Waals surface area contributed by atoms with E-state index >= 15 is 0 Å². The zero-order chi connectivity index (χ0) is 18.6. The first-order valence-corrected chi connectivity index (χ1v) is 8.36. The van der Waals surface area contributed by atoms with Gasteiger partial charge in [-0.2, -0.15) is 0 Å². The van der Waals surface area contributed by atoms with Crippen LogP contribution < -0.4 is 11.1 Å². The molecular formula is C19H23Cl2N3O2. The molecule has 0 aromatic heterocycles. The number of anilines is 2. The fourth-order valence-corrected chi connectivity index (χ4v) is 2.37. The van der Waals surface area contributed by atoms with Crippen LogP contribution >= 0.6 is 24.0 Å². The summed E-state index contributed by atoms with van der Waals surface area (Å²) < 4.78 is 0. The van der Waals surface area contributed by atoms with E-state index < -0.39 is 0 Å². The Balaban J connectivity index is 0.00000338. The summed E-state index contributed by atoms with van der Waals surface area (Å²) in [6.45, 7) is 3.87. The maximum absolute atomic E-state index is 12.4. The number of hydrogen-bond acceptors (Lipinski definition) is 3. The number of nitrogens with two attached hydrogens (primary N) is 1. The number of rotatable bonds is 5. The highest BCUT2D eigenvalue weighted by atomic mass is 35.5. The highest BCUT2D eigenvalue weighted by molar-refractivity contribution is 6.33. The minimum absolute atomic E-state index is 0. The maximum Gasteiger partial charge on any atom is 0.253 e. The number of hydrogen-bond donors (Lipinski definition) is 2. The molecule has 0 aliphatic carbocycles. The first-order chi connectivity index (χ1) is 11.8. The number of benzene rings is 2. The molecule has 0 heterocycles. The number of carbonyl (C=O) groups excluding carboxylic acids is 2. The van der Waals surface area contributed by atoms with Crippen LogP contribution in [0.25, 0.3) is 0 Å². The zero-order valence-corrected chi connectivity index (χ0v) is 16.5. The fraction of sp³-hybridized carbons (Fsp3) is 0.263. The topological polar surface area (TPSA) is 75.4 Å². The molecular weight excluding hydrogens is 373 g/mol. The summed E-state index contributed by atoms with van der Waals surface area (Å²) in [4.78, 5) is 26.3. The molecule has 0 aliphatic rings. The molecule has 26 heavy (non-hydrogen) atoms. The summed E-state index contributed by atoms with van der Waals surface area (Å²) >= 11 is 6.15. The van der Waals surface area contributed by atoms with Crippen molar-refractivity contribution in [2.75, 3.05) is 18.1 Å². The number of nitrogens with one attached hydrogen (secondary N) is 1. The van der Waals surface area contributed by atoms with Crippen molar-refractivity contribution in [2.45, 2.75) is 26.3 Å². The van der Waals surface area contributed by atoms with Crippen LogP contribution in [-0.4, -0.2) is 29.8 Å². The third kappa shape index (κ3) is 5.64. The van der Waals surface area contributed by atoms with Gasteiger partial charge in [0.25, 0.3) is 5.91 Å². The van der Waals surface area contributed by atoms with Gasteiger partial charge in [-0.05, 0) is 49.7 Å². The summed E-state index contributed by atoms with van der Waals surface area (Å²) in [5, 5.41) is 3.15. The lowest BCUT2D eigenvalue weighted by atomic mass is 10.1. The van der Waals surface area contributed by atoms with Crippen molar-refractivity contribution in [3.8, 4) is 0 Å². The van der Waals surface area contributed by atoms with Crippen molar-refractivity contribution in [3.63, 3.8) is 0 Å². The van der Waals surface area contributed by atoms with Gasteiger partial charge < -0.3 is 16.0 Å². The molecule has 2 aromatic carbocycles. The summed E-state index contributed by atoms with van der Waals surface area (Å²) in [7, 11) is 1.74. The predicted molar refractivity (Wildman–Crippen MR) is 109 cm³/mol. The molecule has 3 N–H and O–H groups in total. The van der Waals surface area contributed by atoms with Crippen LogP contribution in [0.15, 0.2) is 42.5 Å². The first-order valence-electron chi connectivity index (χ1n) is 7.99. The smallest absolute Gasteiger partial charge is 0.253 e. The molecule has 0 fully saturated rings. The Labute approximate surface area is 164 Å². The Morgan fingerprint density at radius 2 is 1.77 bits per heavy atom. The average molecular weight is 396 g/mol. The van der Waals surface area contributed by atoms with Gasteiger partial charge in [-0.1, -0.05) is 23.7 Å². The van der Waals surface area contributed by atoms with Crippen LogP contribution in [0, 0.1) is 0 Å². The van der Waals surface area contributed by atoms with Gasteiger partial charge in [0.2, 0.25) is 5.91 Å². The molecule has 0 unspecified atom stereocenters. The molecule has 0 spiro atoms. The second-order valence-corrected chi connectivity index (χ2v) is 6.58. The van der Waals surface area contributed by atoms with E-state index in [1.165, 1.54) is 0 Å². The Hall–Kier alpha value is -2.24. The minimum atomic E-state index is -0.214. The van der Waals surface area contributed by atoms with Crippen LogP contribution in [0.4, 0.5) is 11.4 Å². The predicted octanol–water partition coefficient (Wildman–Crippen LogP) is 4.01. The summed E-state index contributed by atoms with van der Waals surface area (Å²) in [6, 6.07) is 12.0. The Bertz CT molecular complexity index is 777. The lowest BCUT2D eigenvalue weighted by molar-refractivity contribution is -0.115. The van der Waals surface area contributed by atoms with E-state index in [0.29, 0.717) is 22.0 Å². The molecule has 0 saturated carbocycles. The second-order valence-electron chi connectivity index (χ2n) is 6.17. The maximum atomic E-state index is 12.4. The van der Waals surface area contributed by atoms with E-state index in [9.17, 15) is 9.59 Å².